The Hall–Kier alpha value is -1.67. The van der Waals surface area contributed by atoms with Gasteiger partial charge in [-0.15, -0.1) is 0 Å². The molecule has 0 amide bonds. The van der Waals surface area contributed by atoms with Crippen LogP contribution in [0.1, 0.15) is 34.1 Å². The molecule has 0 aliphatic heterocycles. The van der Waals surface area contributed by atoms with Crippen molar-refractivity contribution in [1.82, 2.24) is 0 Å². The molecule has 0 bridgehead atoms. The third-order valence-corrected chi connectivity index (χ3v) is 3.36. The first-order valence-corrected chi connectivity index (χ1v) is 6.65. The number of ketones is 1. The SMILES string of the molecule is C=CC(=O)/C(C=C)=C(/C)C(CC(C(=C)C)=C(C)C)OC. The number of rotatable bonds is 8. The summed E-state index contributed by atoms with van der Waals surface area (Å²) < 4.78 is 5.55. The lowest BCUT2D eigenvalue weighted by Crippen LogP contribution is -2.17. The predicted molar refractivity (Wildman–Crippen MR) is 86.7 cm³/mol. The molecule has 0 fully saturated rings. The molecule has 0 aromatic rings. The summed E-state index contributed by atoms with van der Waals surface area (Å²) in [5, 5.41) is 0. The Kier molecular flexibility index (Phi) is 7.78. The number of carbonyl (C=O) groups excluding carboxylic acids is 1. The van der Waals surface area contributed by atoms with E-state index in [9.17, 15) is 4.79 Å². The molecule has 0 heterocycles. The fourth-order valence-electron chi connectivity index (χ4n) is 2.14. The number of hydrogen-bond donors (Lipinski definition) is 0. The summed E-state index contributed by atoms with van der Waals surface area (Å²) in [4.78, 5) is 11.8. The van der Waals surface area contributed by atoms with Gasteiger partial charge in [0.05, 0.1) is 6.10 Å². The van der Waals surface area contributed by atoms with Crippen molar-refractivity contribution in [3.8, 4) is 0 Å². The molecule has 0 saturated heterocycles. The van der Waals surface area contributed by atoms with Crippen molar-refractivity contribution in [1.29, 1.82) is 0 Å². The first kappa shape index (κ1) is 18.3. The smallest absolute Gasteiger partial charge is 0.185 e. The molecule has 110 valence electrons. The van der Waals surface area contributed by atoms with E-state index in [0.29, 0.717) is 12.0 Å². The van der Waals surface area contributed by atoms with Crippen LogP contribution in [-0.4, -0.2) is 19.0 Å². The summed E-state index contributed by atoms with van der Waals surface area (Å²) in [5.41, 5.74) is 4.83. The molecule has 0 radical (unpaired) electrons. The van der Waals surface area contributed by atoms with Gasteiger partial charge in [-0.3, -0.25) is 4.79 Å². The zero-order valence-electron chi connectivity index (χ0n) is 13.4. The van der Waals surface area contributed by atoms with Crippen LogP contribution in [0.4, 0.5) is 0 Å². The van der Waals surface area contributed by atoms with Crippen LogP contribution in [0.15, 0.2) is 59.8 Å². The third-order valence-electron chi connectivity index (χ3n) is 3.36. The number of methoxy groups -OCH3 is 1. The highest BCUT2D eigenvalue weighted by Gasteiger charge is 2.18. The van der Waals surface area contributed by atoms with Gasteiger partial charge >= 0.3 is 0 Å². The highest BCUT2D eigenvalue weighted by molar-refractivity contribution is 6.06. The Labute approximate surface area is 123 Å². The molecular formula is C18H26O2. The minimum Gasteiger partial charge on any atom is -0.377 e. The summed E-state index contributed by atoms with van der Waals surface area (Å²) >= 11 is 0. The van der Waals surface area contributed by atoms with Crippen molar-refractivity contribution in [3.05, 3.63) is 59.8 Å². The summed E-state index contributed by atoms with van der Waals surface area (Å²) in [7, 11) is 1.65. The van der Waals surface area contributed by atoms with Gasteiger partial charge in [0.2, 0.25) is 0 Å². The van der Waals surface area contributed by atoms with Crippen molar-refractivity contribution in [3.63, 3.8) is 0 Å². The maximum Gasteiger partial charge on any atom is 0.185 e. The molecule has 0 saturated carbocycles. The summed E-state index contributed by atoms with van der Waals surface area (Å²) in [6.07, 6.45) is 3.39. The van der Waals surface area contributed by atoms with E-state index in [0.717, 1.165) is 11.1 Å². The number of ether oxygens (including phenoxy) is 1. The van der Waals surface area contributed by atoms with Gasteiger partial charge in [0.25, 0.3) is 0 Å². The second-order valence-electron chi connectivity index (χ2n) is 5.06. The molecule has 0 rings (SSSR count). The second-order valence-corrected chi connectivity index (χ2v) is 5.06. The number of carbonyl (C=O) groups is 1. The first-order chi connectivity index (χ1) is 9.29. The summed E-state index contributed by atoms with van der Waals surface area (Å²) in [6, 6.07) is 0. The summed E-state index contributed by atoms with van der Waals surface area (Å²) in [6.45, 7) is 19.2. The van der Waals surface area contributed by atoms with Crippen LogP contribution in [-0.2, 0) is 9.53 Å². The van der Waals surface area contributed by atoms with Crippen molar-refractivity contribution in [2.45, 2.75) is 40.2 Å². The Morgan fingerprint density at radius 1 is 1.15 bits per heavy atom. The van der Waals surface area contributed by atoms with E-state index in [1.807, 2.05) is 13.8 Å². The molecule has 1 atom stereocenters. The first-order valence-electron chi connectivity index (χ1n) is 6.65. The van der Waals surface area contributed by atoms with Crippen molar-refractivity contribution >= 4 is 5.78 Å². The third kappa shape index (κ3) is 4.78. The fraction of sp³-hybridized carbons (Fsp3) is 0.389. The van der Waals surface area contributed by atoms with Crippen LogP contribution in [0.25, 0.3) is 0 Å². The lowest BCUT2D eigenvalue weighted by molar-refractivity contribution is -0.111. The largest absolute Gasteiger partial charge is 0.377 e. The molecule has 0 spiro atoms. The zero-order chi connectivity index (χ0) is 15.9. The Morgan fingerprint density at radius 2 is 1.70 bits per heavy atom. The van der Waals surface area contributed by atoms with E-state index in [1.165, 1.54) is 17.2 Å². The topological polar surface area (TPSA) is 26.3 Å². The molecule has 0 N–H and O–H groups in total. The van der Waals surface area contributed by atoms with Crippen LogP contribution in [0, 0.1) is 0 Å². The van der Waals surface area contributed by atoms with E-state index in [1.54, 1.807) is 13.2 Å². The van der Waals surface area contributed by atoms with Gasteiger partial charge in [-0.1, -0.05) is 37.0 Å². The van der Waals surface area contributed by atoms with Gasteiger partial charge in [-0.2, -0.15) is 0 Å². The monoisotopic (exact) mass is 274 g/mol. The van der Waals surface area contributed by atoms with Crippen molar-refractivity contribution in [2.75, 3.05) is 7.11 Å². The average molecular weight is 274 g/mol. The van der Waals surface area contributed by atoms with E-state index < -0.39 is 0 Å². The van der Waals surface area contributed by atoms with E-state index >= 15 is 0 Å². The fourth-order valence-corrected chi connectivity index (χ4v) is 2.14. The van der Waals surface area contributed by atoms with E-state index in [4.69, 9.17) is 4.74 Å². The molecule has 0 aromatic heterocycles. The molecule has 0 aromatic carbocycles. The highest BCUT2D eigenvalue weighted by atomic mass is 16.5. The van der Waals surface area contributed by atoms with Crippen LogP contribution >= 0.6 is 0 Å². The van der Waals surface area contributed by atoms with Gasteiger partial charge in [-0.25, -0.2) is 0 Å². The van der Waals surface area contributed by atoms with Crippen LogP contribution in [0.5, 0.6) is 0 Å². The minimum absolute atomic E-state index is 0.131. The molecule has 0 aliphatic carbocycles. The van der Waals surface area contributed by atoms with E-state index in [2.05, 4.69) is 33.6 Å². The van der Waals surface area contributed by atoms with Crippen LogP contribution < -0.4 is 0 Å². The van der Waals surface area contributed by atoms with Crippen LogP contribution in [0.3, 0.4) is 0 Å². The quantitative estimate of drug-likeness (QED) is 0.479. The average Bonchev–Trinajstić information content (AvgIpc) is 2.39. The summed E-state index contributed by atoms with van der Waals surface area (Å²) in [5.74, 6) is -0.131. The standard InChI is InChI=1S/C18H26O2/c1-9-15(17(19)10-2)14(7)18(20-8)11-16(12(3)4)13(5)6/h9-10,18H,1-3,11H2,4-8H3/b15-14-. The molecule has 0 aliphatic rings. The van der Waals surface area contributed by atoms with Crippen LogP contribution in [0.2, 0.25) is 0 Å². The Balaban J connectivity index is 5.58. The Bertz CT molecular complexity index is 472. The lowest BCUT2D eigenvalue weighted by atomic mass is 9.91. The van der Waals surface area contributed by atoms with Gasteiger partial charge in [0, 0.05) is 19.1 Å². The molecule has 20 heavy (non-hydrogen) atoms. The lowest BCUT2D eigenvalue weighted by Gasteiger charge is -2.21. The predicted octanol–water partition coefficient (Wildman–Crippen LogP) is 4.56. The maximum absolute atomic E-state index is 11.8. The van der Waals surface area contributed by atoms with E-state index in [-0.39, 0.29) is 11.9 Å². The van der Waals surface area contributed by atoms with Crippen molar-refractivity contribution < 1.29 is 9.53 Å². The molecular weight excluding hydrogens is 248 g/mol. The molecule has 1 unspecified atom stereocenters. The number of hydrogen-bond acceptors (Lipinski definition) is 2. The van der Waals surface area contributed by atoms with Gasteiger partial charge in [-0.05, 0) is 44.9 Å². The Morgan fingerprint density at radius 3 is 2.00 bits per heavy atom. The maximum atomic E-state index is 11.8. The van der Waals surface area contributed by atoms with Crippen molar-refractivity contribution in [2.24, 2.45) is 0 Å². The number of allylic oxidation sites excluding steroid dienone is 5. The minimum atomic E-state index is -0.173. The molecule has 2 heteroatoms. The normalized spacial score (nSPS) is 13.1. The van der Waals surface area contributed by atoms with Gasteiger partial charge < -0.3 is 4.74 Å². The zero-order valence-corrected chi connectivity index (χ0v) is 13.4. The highest BCUT2D eigenvalue weighted by Crippen LogP contribution is 2.25. The van der Waals surface area contributed by atoms with Gasteiger partial charge in [0.15, 0.2) is 5.78 Å². The molecule has 2 nitrogen and oxygen atoms in total. The second kappa shape index (κ2) is 8.49. The van der Waals surface area contributed by atoms with Gasteiger partial charge in [0.1, 0.15) is 0 Å².